The zero-order valence-electron chi connectivity index (χ0n) is 15.7. The summed E-state index contributed by atoms with van der Waals surface area (Å²) in [5.74, 6) is -1.72. The molecular formula is C20H14F4N6O. The molecule has 1 amide bonds. The molecule has 0 aliphatic carbocycles. The van der Waals surface area contributed by atoms with Gasteiger partial charge in [0.25, 0.3) is 5.91 Å². The Labute approximate surface area is 172 Å². The van der Waals surface area contributed by atoms with E-state index in [0.29, 0.717) is 11.2 Å². The van der Waals surface area contributed by atoms with Crippen molar-refractivity contribution in [1.82, 2.24) is 24.8 Å². The molecule has 0 radical (unpaired) electrons. The number of nitrogens with one attached hydrogen (secondary N) is 1. The number of amides is 1. The van der Waals surface area contributed by atoms with Crippen molar-refractivity contribution in [2.45, 2.75) is 12.7 Å². The number of nitrogens with zero attached hydrogens (tertiary/aromatic N) is 5. The molecule has 4 aromatic rings. The largest absolute Gasteiger partial charge is 0.435 e. The summed E-state index contributed by atoms with van der Waals surface area (Å²) in [5.41, 5.74) is -1.20. The maximum atomic E-state index is 13.7. The van der Waals surface area contributed by atoms with E-state index in [2.05, 4.69) is 20.7 Å². The van der Waals surface area contributed by atoms with Crippen LogP contribution in [-0.4, -0.2) is 30.7 Å². The van der Waals surface area contributed by atoms with Crippen LogP contribution in [0, 0.1) is 5.82 Å². The molecule has 0 unspecified atom stereocenters. The molecule has 2 heterocycles. The summed E-state index contributed by atoms with van der Waals surface area (Å²) in [4.78, 5) is 12.5. The Morgan fingerprint density at radius 2 is 1.74 bits per heavy atom. The summed E-state index contributed by atoms with van der Waals surface area (Å²) in [7, 11) is 0. The third-order valence-corrected chi connectivity index (χ3v) is 4.30. The van der Waals surface area contributed by atoms with Gasteiger partial charge in [-0.15, -0.1) is 5.10 Å². The Morgan fingerprint density at radius 1 is 1.03 bits per heavy atom. The van der Waals surface area contributed by atoms with E-state index in [4.69, 9.17) is 0 Å². The van der Waals surface area contributed by atoms with Crippen molar-refractivity contribution in [1.29, 1.82) is 0 Å². The first-order valence-electron chi connectivity index (χ1n) is 8.98. The van der Waals surface area contributed by atoms with Crippen LogP contribution in [0.3, 0.4) is 0 Å². The van der Waals surface area contributed by atoms with Crippen molar-refractivity contribution in [3.8, 4) is 5.69 Å². The van der Waals surface area contributed by atoms with Crippen LogP contribution in [-0.2, 0) is 12.7 Å². The lowest BCUT2D eigenvalue weighted by atomic mass is 10.2. The van der Waals surface area contributed by atoms with Crippen LogP contribution >= 0.6 is 0 Å². The van der Waals surface area contributed by atoms with Crippen LogP contribution in [0.2, 0.25) is 0 Å². The van der Waals surface area contributed by atoms with Gasteiger partial charge in [0.05, 0.1) is 24.1 Å². The molecule has 7 nitrogen and oxygen atoms in total. The highest BCUT2D eigenvalue weighted by molar-refractivity contribution is 6.03. The lowest BCUT2D eigenvalue weighted by molar-refractivity contribution is -0.143. The second-order valence-corrected chi connectivity index (χ2v) is 6.54. The molecule has 0 spiro atoms. The highest BCUT2D eigenvalue weighted by atomic mass is 19.4. The van der Waals surface area contributed by atoms with Gasteiger partial charge >= 0.3 is 6.18 Å². The minimum absolute atomic E-state index is 0.0871. The van der Waals surface area contributed by atoms with Gasteiger partial charge in [0.1, 0.15) is 5.82 Å². The van der Waals surface area contributed by atoms with Crippen molar-refractivity contribution in [2.24, 2.45) is 0 Å². The molecule has 0 aliphatic rings. The molecule has 2 aromatic heterocycles. The van der Waals surface area contributed by atoms with E-state index < -0.39 is 29.3 Å². The van der Waals surface area contributed by atoms with Gasteiger partial charge in [-0.05, 0) is 29.8 Å². The average molecular weight is 430 g/mol. The standard InChI is InChI=1S/C20H14F4N6O/c21-14-6-8-16(9-7-14)30-18(20(22,23)24)17(27-28-30)19(31)26-15-10-25-29(12-15)11-13-4-2-1-3-5-13/h1-10,12H,11H2,(H,26,31). The fourth-order valence-corrected chi connectivity index (χ4v) is 2.93. The average Bonchev–Trinajstić information content (AvgIpc) is 3.36. The number of hydrogen-bond donors (Lipinski definition) is 1. The summed E-state index contributed by atoms with van der Waals surface area (Å²) in [6.07, 6.45) is -2.12. The zero-order chi connectivity index (χ0) is 22.0. The summed E-state index contributed by atoms with van der Waals surface area (Å²) < 4.78 is 56.1. The first-order valence-corrected chi connectivity index (χ1v) is 8.98. The summed E-state index contributed by atoms with van der Waals surface area (Å²) in [6.45, 7) is 0.422. The van der Waals surface area contributed by atoms with Gasteiger partial charge in [0.2, 0.25) is 0 Å². The lowest BCUT2D eigenvalue weighted by Crippen LogP contribution is -2.21. The monoisotopic (exact) mass is 430 g/mol. The summed E-state index contributed by atoms with van der Waals surface area (Å²) >= 11 is 0. The van der Waals surface area contributed by atoms with Gasteiger partial charge in [-0.1, -0.05) is 35.5 Å². The SMILES string of the molecule is O=C(Nc1cnn(Cc2ccccc2)c1)c1nnn(-c2ccc(F)cc2)c1C(F)(F)F. The lowest BCUT2D eigenvalue weighted by Gasteiger charge is -2.11. The molecule has 11 heteroatoms. The molecule has 0 bridgehead atoms. The molecule has 158 valence electrons. The van der Waals surface area contributed by atoms with Gasteiger partial charge in [0, 0.05) is 6.20 Å². The Balaban J connectivity index is 1.58. The van der Waals surface area contributed by atoms with Crippen molar-refractivity contribution in [2.75, 3.05) is 5.32 Å². The number of carbonyl (C=O) groups is 1. The number of aromatic nitrogens is 5. The van der Waals surface area contributed by atoms with Crippen LogP contribution in [0.15, 0.2) is 67.0 Å². The van der Waals surface area contributed by atoms with Crippen molar-refractivity contribution < 1.29 is 22.4 Å². The van der Waals surface area contributed by atoms with E-state index in [-0.39, 0.29) is 11.4 Å². The van der Waals surface area contributed by atoms with Crippen molar-refractivity contribution in [3.05, 3.63) is 89.8 Å². The van der Waals surface area contributed by atoms with Gasteiger partial charge in [-0.3, -0.25) is 9.48 Å². The molecule has 0 saturated heterocycles. The molecule has 4 rings (SSSR count). The number of benzene rings is 2. The molecule has 1 N–H and O–H groups in total. The number of hydrogen-bond acceptors (Lipinski definition) is 4. The maximum absolute atomic E-state index is 13.7. The van der Waals surface area contributed by atoms with Crippen molar-refractivity contribution >= 4 is 11.6 Å². The quantitative estimate of drug-likeness (QED) is 0.487. The van der Waals surface area contributed by atoms with E-state index in [9.17, 15) is 22.4 Å². The van der Waals surface area contributed by atoms with Gasteiger partial charge in [-0.25, -0.2) is 9.07 Å². The van der Waals surface area contributed by atoms with Crippen molar-refractivity contribution in [3.63, 3.8) is 0 Å². The Kier molecular flexibility index (Phi) is 5.24. The smallest absolute Gasteiger partial charge is 0.318 e. The number of carbonyl (C=O) groups excluding carboxylic acids is 1. The predicted octanol–water partition coefficient (Wildman–Crippen LogP) is 3.92. The molecule has 0 saturated carbocycles. The Hall–Kier alpha value is -4.02. The van der Waals surface area contributed by atoms with Crippen LogP contribution in [0.5, 0.6) is 0 Å². The van der Waals surface area contributed by atoms with Crippen LogP contribution in [0.1, 0.15) is 21.7 Å². The third-order valence-electron chi connectivity index (χ3n) is 4.30. The highest BCUT2D eigenvalue weighted by Crippen LogP contribution is 2.33. The van der Waals surface area contributed by atoms with E-state index in [1.165, 1.54) is 17.1 Å². The van der Waals surface area contributed by atoms with E-state index in [1.54, 1.807) is 0 Å². The van der Waals surface area contributed by atoms with Crippen LogP contribution in [0.4, 0.5) is 23.2 Å². The maximum Gasteiger partial charge on any atom is 0.435 e. The Bertz CT molecular complexity index is 1200. The van der Waals surface area contributed by atoms with Gasteiger partial charge < -0.3 is 5.32 Å². The third kappa shape index (κ3) is 4.44. The molecular weight excluding hydrogens is 416 g/mol. The minimum Gasteiger partial charge on any atom is -0.318 e. The highest BCUT2D eigenvalue weighted by Gasteiger charge is 2.42. The first-order chi connectivity index (χ1) is 14.8. The zero-order valence-corrected chi connectivity index (χ0v) is 15.7. The van der Waals surface area contributed by atoms with E-state index >= 15 is 0 Å². The summed E-state index contributed by atoms with van der Waals surface area (Å²) in [6, 6.07) is 13.6. The molecule has 2 aromatic carbocycles. The van der Waals surface area contributed by atoms with Crippen LogP contribution in [0.25, 0.3) is 5.69 Å². The van der Waals surface area contributed by atoms with E-state index in [0.717, 1.165) is 29.8 Å². The number of halogens is 4. The topological polar surface area (TPSA) is 77.6 Å². The molecule has 0 aliphatic heterocycles. The number of rotatable bonds is 5. The fraction of sp³-hybridized carbons (Fsp3) is 0.100. The number of alkyl halides is 3. The Morgan fingerprint density at radius 3 is 2.42 bits per heavy atom. The minimum atomic E-state index is -4.93. The van der Waals surface area contributed by atoms with E-state index in [1.807, 2.05) is 30.3 Å². The second-order valence-electron chi connectivity index (χ2n) is 6.54. The predicted molar refractivity (Wildman–Crippen MR) is 102 cm³/mol. The molecule has 0 fully saturated rings. The van der Waals surface area contributed by atoms with Crippen LogP contribution < -0.4 is 5.32 Å². The molecule has 31 heavy (non-hydrogen) atoms. The molecule has 0 atom stereocenters. The van der Waals surface area contributed by atoms with Gasteiger partial charge in [0.15, 0.2) is 11.4 Å². The normalized spacial score (nSPS) is 11.5. The van der Waals surface area contributed by atoms with Gasteiger partial charge in [-0.2, -0.15) is 18.3 Å². The fourth-order valence-electron chi connectivity index (χ4n) is 2.93. The first kappa shape index (κ1) is 20.3. The number of anilines is 1. The summed E-state index contributed by atoms with van der Waals surface area (Å²) in [5, 5.41) is 13.3. The second kappa shape index (κ2) is 8.01.